The summed E-state index contributed by atoms with van der Waals surface area (Å²) in [7, 11) is 0. The zero-order chi connectivity index (χ0) is 19.1. The Balaban J connectivity index is 2.67. The van der Waals surface area contributed by atoms with E-state index in [4.69, 9.17) is 9.57 Å². The van der Waals surface area contributed by atoms with Gasteiger partial charge in [0, 0.05) is 11.6 Å². The van der Waals surface area contributed by atoms with Crippen LogP contribution in [0, 0.1) is 5.92 Å². The van der Waals surface area contributed by atoms with Gasteiger partial charge < -0.3 is 4.74 Å². The van der Waals surface area contributed by atoms with E-state index in [1.807, 2.05) is 0 Å². The van der Waals surface area contributed by atoms with E-state index < -0.39 is 0 Å². The summed E-state index contributed by atoms with van der Waals surface area (Å²) in [5, 5.41) is 2.08. The molecule has 0 N–H and O–H groups in total. The van der Waals surface area contributed by atoms with Gasteiger partial charge in [-0.05, 0) is 46.5 Å². The maximum Gasteiger partial charge on any atom is 0.330 e. The van der Waals surface area contributed by atoms with Crippen LogP contribution >= 0.6 is 0 Å². The molecule has 0 saturated carbocycles. The molecule has 2 unspecified atom stereocenters. The second-order valence-corrected chi connectivity index (χ2v) is 8.60. The van der Waals surface area contributed by atoms with Crippen molar-refractivity contribution >= 4 is 5.97 Å². The molecule has 0 bridgehead atoms. The molecule has 0 aromatic rings. The van der Waals surface area contributed by atoms with Gasteiger partial charge in [-0.15, -0.1) is 0 Å². The van der Waals surface area contributed by atoms with Gasteiger partial charge >= 0.3 is 5.97 Å². The number of rotatable bonds is 10. The summed E-state index contributed by atoms with van der Waals surface area (Å²) < 4.78 is 5.68. The van der Waals surface area contributed by atoms with E-state index in [0.717, 1.165) is 19.4 Å². The summed E-state index contributed by atoms with van der Waals surface area (Å²) in [6.45, 7) is 17.2. The van der Waals surface area contributed by atoms with Crippen molar-refractivity contribution in [3.63, 3.8) is 0 Å². The average molecular weight is 354 g/mol. The first-order valence-corrected chi connectivity index (χ1v) is 9.93. The summed E-state index contributed by atoms with van der Waals surface area (Å²) >= 11 is 0. The number of hydroxylamine groups is 2. The molecule has 0 aromatic heterocycles. The number of ether oxygens (including phenoxy) is 1. The highest BCUT2D eigenvalue weighted by Crippen LogP contribution is 2.43. The Morgan fingerprint density at radius 3 is 2.36 bits per heavy atom. The first kappa shape index (κ1) is 22.2. The lowest BCUT2D eigenvalue weighted by atomic mass is 9.73. The third-order valence-electron chi connectivity index (χ3n) is 5.24. The van der Waals surface area contributed by atoms with E-state index in [9.17, 15) is 4.79 Å². The fraction of sp³-hybridized carbons (Fsp3) is 0.857. The van der Waals surface area contributed by atoms with E-state index in [1.54, 1.807) is 0 Å². The third-order valence-corrected chi connectivity index (χ3v) is 5.24. The molecule has 4 heteroatoms. The van der Waals surface area contributed by atoms with E-state index in [0.29, 0.717) is 0 Å². The van der Waals surface area contributed by atoms with Crippen LogP contribution in [-0.2, 0) is 14.4 Å². The monoisotopic (exact) mass is 353 g/mol. The zero-order valence-electron chi connectivity index (χ0n) is 17.3. The molecule has 1 fully saturated rings. The number of hydrogen-bond acceptors (Lipinski definition) is 4. The normalized spacial score (nSPS) is 25.5. The minimum Gasteiger partial charge on any atom is -0.457 e. The maximum absolute atomic E-state index is 11.8. The molecule has 1 aliphatic rings. The minimum absolute atomic E-state index is 0.0950. The van der Waals surface area contributed by atoms with E-state index in [-0.39, 0.29) is 29.1 Å². The van der Waals surface area contributed by atoms with Gasteiger partial charge in [0.1, 0.15) is 6.10 Å². The molecule has 1 heterocycles. The number of carbonyl (C=O) groups is 1. The van der Waals surface area contributed by atoms with Gasteiger partial charge in [-0.1, -0.05) is 52.5 Å². The molecule has 4 nitrogen and oxygen atoms in total. The third kappa shape index (κ3) is 6.10. The summed E-state index contributed by atoms with van der Waals surface area (Å²) in [4.78, 5) is 18.0. The Labute approximate surface area is 154 Å². The molecule has 1 rings (SSSR count). The summed E-state index contributed by atoms with van der Waals surface area (Å²) in [6, 6.07) is 0. The van der Waals surface area contributed by atoms with Crippen molar-refractivity contribution in [1.82, 2.24) is 5.06 Å². The molecular weight excluding hydrogens is 314 g/mol. The van der Waals surface area contributed by atoms with Crippen LogP contribution in [0.4, 0.5) is 0 Å². The summed E-state index contributed by atoms with van der Waals surface area (Å²) in [5.74, 6) is -0.0942. The van der Waals surface area contributed by atoms with Crippen molar-refractivity contribution < 1.29 is 14.4 Å². The lowest BCUT2D eigenvalue weighted by Gasteiger charge is -2.56. The minimum atomic E-state index is -0.387. The Hall–Kier alpha value is -0.870. The SMILES string of the molecule is C=CC(=O)OC1C(C)CC(C)(C)N(OCCCCCCCC)C1(C)C. The van der Waals surface area contributed by atoms with Gasteiger partial charge in [0.05, 0.1) is 12.1 Å². The molecule has 1 saturated heterocycles. The van der Waals surface area contributed by atoms with Crippen molar-refractivity contribution in [2.75, 3.05) is 6.61 Å². The van der Waals surface area contributed by atoms with Gasteiger partial charge in [-0.3, -0.25) is 4.84 Å². The lowest BCUT2D eigenvalue weighted by Crippen LogP contribution is -2.67. The molecule has 0 amide bonds. The number of hydrogen-bond donors (Lipinski definition) is 0. The van der Waals surface area contributed by atoms with Crippen molar-refractivity contribution in [3.05, 3.63) is 12.7 Å². The Morgan fingerprint density at radius 2 is 1.76 bits per heavy atom. The molecule has 0 aromatic carbocycles. The second kappa shape index (κ2) is 9.72. The summed E-state index contributed by atoms with van der Waals surface area (Å²) in [6.07, 6.45) is 9.41. The van der Waals surface area contributed by atoms with Crippen molar-refractivity contribution in [1.29, 1.82) is 0 Å². The number of nitrogens with zero attached hydrogens (tertiary/aromatic N) is 1. The van der Waals surface area contributed by atoms with Crippen LogP contribution in [0.2, 0.25) is 0 Å². The fourth-order valence-electron chi connectivity index (χ4n) is 4.38. The predicted octanol–water partition coefficient (Wildman–Crippen LogP) is 5.28. The van der Waals surface area contributed by atoms with E-state index in [1.165, 1.54) is 38.2 Å². The van der Waals surface area contributed by atoms with Crippen LogP contribution in [-0.4, -0.2) is 34.8 Å². The number of carbonyl (C=O) groups excluding carboxylic acids is 1. The highest BCUT2D eigenvalue weighted by atomic mass is 16.7. The molecule has 0 spiro atoms. The first-order valence-electron chi connectivity index (χ1n) is 9.93. The van der Waals surface area contributed by atoms with E-state index >= 15 is 0 Å². The summed E-state index contributed by atoms with van der Waals surface area (Å²) in [5.41, 5.74) is -0.482. The quantitative estimate of drug-likeness (QED) is 0.304. The first-order chi connectivity index (χ1) is 11.7. The van der Waals surface area contributed by atoms with Gasteiger partial charge in [0.2, 0.25) is 0 Å². The predicted molar refractivity (Wildman–Crippen MR) is 103 cm³/mol. The topological polar surface area (TPSA) is 38.8 Å². The molecule has 1 aliphatic heterocycles. The van der Waals surface area contributed by atoms with Gasteiger partial charge in [0.15, 0.2) is 0 Å². The van der Waals surface area contributed by atoms with Crippen LogP contribution in [0.25, 0.3) is 0 Å². The Kier molecular flexibility index (Phi) is 8.62. The number of piperidine rings is 1. The van der Waals surface area contributed by atoms with Gasteiger partial charge in [-0.2, -0.15) is 5.06 Å². The Morgan fingerprint density at radius 1 is 1.16 bits per heavy atom. The molecular formula is C21H39NO3. The lowest BCUT2D eigenvalue weighted by molar-refractivity contribution is -0.312. The molecule has 25 heavy (non-hydrogen) atoms. The largest absolute Gasteiger partial charge is 0.457 e. The smallest absolute Gasteiger partial charge is 0.330 e. The number of unbranched alkanes of at least 4 members (excludes halogenated alkanes) is 5. The van der Waals surface area contributed by atoms with Gasteiger partial charge in [-0.25, -0.2) is 4.79 Å². The highest BCUT2D eigenvalue weighted by molar-refractivity contribution is 5.81. The second-order valence-electron chi connectivity index (χ2n) is 8.60. The molecule has 0 radical (unpaired) electrons. The number of esters is 1. The maximum atomic E-state index is 11.8. The van der Waals surface area contributed by atoms with E-state index in [2.05, 4.69) is 53.2 Å². The van der Waals surface area contributed by atoms with Gasteiger partial charge in [0.25, 0.3) is 0 Å². The van der Waals surface area contributed by atoms with Crippen LogP contribution in [0.15, 0.2) is 12.7 Å². The average Bonchev–Trinajstić information content (AvgIpc) is 2.52. The standard InChI is InChI=1S/C21H39NO3/c1-8-10-11-12-13-14-15-24-22-20(4,5)16-17(3)19(21(22,6)7)25-18(23)9-2/h9,17,19H,2,8,10-16H2,1,3-7H3. The molecule has 0 aliphatic carbocycles. The van der Waals surface area contributed by atoms with Crippen molar-refractivity contribution in [2.45, 2.75) is 104 Å². The van der Waals surface area contributed by atoms with Crippen LogP contribution in [0.5, 0.6) is 0 Å². The van der Waals surface area contributed by atoms with Crippen molar-refractivity contribution in [3.8, 4) is 0 Å². The van der Waals surface area contributed by atoms with Crippen LogP contribution < -0.4 is 0 Å². The molecule has 146 valence electrons. The fourth-order valence-corrected chi connectivity index (χ4v) is 4.38. The Bertz CT molecular complexity index is 431. The molecule has 2 atom stereocenters. The van der Waals surface area contributed by atoms with Crippen LogP contribution in [0.1, 0.15) is 86.5 Å². The van der Waals surface area contributed by atoms with Crippen LogP contribution in [0.3, 0.4) is 0 Å². The zero-order valence-corrected chi connectivity index (χ0v) is 17.3. The highest BCUT2D eigenvalue weighted by Gasteiger charge is 2.53. The van der Waals surface area contributed by atoms with Crippen molar-refractivity contribution in [2.24, 2.45) is 5.92 Å².